The average Bonchev–Trinajstić information content (AvgIpc) is 2.85. The van der Waals surface area contributed by atoms with E-state index >= 15 is 0 Å². The number of hydrogen-bond acceptors (Lipinski definition) is 3. The van der Waals surface area contributed by atoms with Gasteiger partial charge in [0.05, 0.1) is 16.1 Å². The topological polar surface area (TPSA) is 52.7 Å². The molecule has 1 N–H and O–H groups in total. The fourth-order valence-corrected chi connectivity index (χ4v) is 5.71. The van der Waals surface area contributed by atoms with Crippen LogP contribution in [-0.2, 0) is 4.79 Å². The standard InChI is InChI=1S/C29H37Cl2N3O2/c1-3-34(29(36)23-12-13-25(30)26(31)19-23)24-14-16-33(17-15-24)20(2)18-27(21-8-5-4-6-9-21)32-28(35)22-10-7-11-22/h4-6,8-9,12-13,19-20,22,24,27H,3,7,10-11,14-18H2,1-2H3,(H,32,35)/t20?,27-/m0/s1. The Labute approximate surface area is 225 Å². The highest BCUT2D eigenvalue weighted by Gasteiger charge is 2.32. The van der Waals surface area contributed by atoms with Crippen molar-refractivity contribution in [2.24, 2.45) is 5.92 Å². The van der Waals surface area contributed by atoms with Gasteiger partial charge in [-0.15, -0.1) is 0 Å². The highest BCUT2D eigenvalue weighted by atomic mass is 35.5. The van der Waals surface area contributed by atoms with E-state index in [1.54, 1.807) is 18.2 Å². The Morgan fingerprint density at radius 3 is 2.31 bits per heavy atom. The van der Waals surface area contributed by atoms with E-state index < -0.39 is 0 Å². The van der Waals surface area contributed by atoms with E-state index in [2.05, 4.69) is 29.3 Å². The molecule has 194 valence electrons. The van der Waals surface area contributed by atoms with Crippen molar-refractivity contribution in [1.29, 1.82) is 0 Å². The zero-order chi connectivity index (χ0) is 25.7. The summed E-state index contributed by atoms with van der Waals surface area (Å²) in [5, 5.41) is 4.20. The molecular weight excluding hydrogens is 493 g/mol. The Hall–Kier alpha value is -2.08. The number of hydrogen-bond donors (Lipinski definition) is 1. The molecule has 5 nitrogen and oxygen atoms in total. The summed E-state index contributed by atoms with van der Waals surface area (Å²) in [5.41, 5.74) is 1.74. The third kappa shape index (κ3) is 6.42. The van der Waals surface area contributed by atoms with Crippen LogP contribution in [0.2, 0.25) is 10.0 Å². The molecule has 0 spiro atoms. The molecule has 0 bridgehead atoms. The van der Waals surface area contributed by atoms with E-state index in [0.717, 1.165) is 57.2 Å². The summed E-state index contributed by atoms with van der Waals surface area (Å²) < 4.78 is 0. The second-order valence-electron chi connectivity index (χ2n) is 10.2. The third-order valence-corrected chi connectivity index (χ3v) is 8.64. The number of likely N-dealkylation sites (tertiary alicyclic amines) is 1. The van der Waals surface area contributed by atoms with Crippen LogP contribution >= 0.6 is 23.2 Å². The van der Waals surface area contributed by atoms with Gasteiger partial charge in [0.25, 0.3) is 5.91 Å². The second-order valence-corrected chi connectivity index (χ2v) is 11.0. The van der Waals surface area contributed by atoms with Gasteiger partial charge < -0.3 is 15.1 Å². The Morgan fingerprint density at radius 1 is 1.03 bits per heavy atom. The van der Waals surface area contributed by atoms with Crippen molar-refractivity contribution < 1.29 is 9.59 Å². The van der Waals surface area contributed by atoms with Crippen molar-refractivity contribution in [2.75, 3.05) is 19.6 Å². The van der Waals surface area contributed by atoms with Crippen molar-refractivity contribution in [3.8, 4) is 0 Å². The number of nitrogens with zero attached hydrogens (tertiary/aromatic N) is 2. The lowest BCUT2D eigenvalue weighted by Crippen LogP contribution is -2.50. The predicted octanol–water partition coefficient (Wildman–Crippen LogP) is 6.36. The number of nitrogens with one attached hydrogen (secondary N) is 1. The molecule has 2 aliphatic rings. The molecular formula is C29H37Cl2N3O2. The van der Waals surface area contributed by atoms with Gasteiger partial charge in [-0.25, -0.2) is 0 Å². The fraction of sp³-hybridized carbons (Fsp3) is 0.517. The van der Waals surface area contributed by atoms with Gasteiger partial charge in [-0.1, -0.05) is 60.0 Å². The molecule has 1 aliphatic heterocycles. The maximum Gasteiger partial charge on any atom is 0.254 e. The van der Waals surface area contributed by atoms with Crippen LogP contribution in [0.1, 0.15) is 74.3 Å². The van der Waals surface area contributed by atoms with Crippen LogP contribution < -0.4 is 5.32 Å². The number of halogens is 2. The molecule has 1 unspecified atom stereocenters. The molecule has 2 aromatic rings. The number of benzene rings is 2. The summed E-state index contributed by atoms with van der Waals surface area (Å²) in [6.45, 7) is 6.79. The molecule has 2 amide bonds. The Bertz CT molecular complexity index is 1040. The quantitative estimate of drug-likeness (QED) is 0.411. The highest BCUT2D eigenvalue weighted by Crippen LogP contribution is 2.30. The first-order chi connectivity index (χ1) is 17.4. The van der Waals surface area contributed by atoms with E-state index in [9.17, 15) is 9.59 Å². The number of piperidine rings is 1. The van der Waals surface area contributed by atoms with Crippen LogP contribution in [0, 0.1) is 5.92 Å². The maximum absolute atomic E-state index is 13.2. The summed E-state index contributed by atoms with van der Waals surface area (Å²) in [6, 6.07) is 15.9. The molecule has 7 heteroatoms. The van der Waals surface area contributed by atoms with Gasteiger partial charge in [0.1, 0.15) is 0 Å². The second kappa shape index (κ2) is 12.4. The zero-order valence-corrected chi connectivity index (χ0v) is 22.8. The molecule has 0 radical (unpaired) electrons. The van der Waals surface area contributed by atoms with Gasteiger partial charge in [0.15, 0.2) is 0 Å². The van der Waals surface area contributed by atoms with Gasteiger partial charge in [-0.2, -0.15) is 0 Å². The number of amides is 2. The first-order valence-electron chi connectivity index (χ1n) is 13.2. The lowest BCUT2D eigenvalue weighted by molar-refractivity contribution is -0.128. The van der Waals surface area contributed by atoms with Crippen LogP contribution in [0.15, 0.2) is 48.5 Å². The van der Waals surface area contributed by atoms with Crippen LogP contribution in [0.25, 0.3) is 0 Å². The third-order valence-electron chi connectivity index (χ3n) is 7.90. The zero-order valence-electron chi connectivity index (χ0n) is 21.3. The monoisotopic (exact) mass is 529 g/mol. The first kappa shape index (κ1) is 27.0. The summed E-state index contributed by atoms with van der Waals surface area (Å²) in [5.74, 6) is 0.376. The molecule has 2 aromatic carbocycles. The number of rotatable bonds is 9. The van der Waals surface area contributed by atoms with Crippen LogP contribution in [0.5, 0.6) is 0 Å². The summed E-state index contributed by atoms with van der Waals surface area (Å²) in [4.78, 5) is 30.4. The maximum atomic E-state index is 13.2. The molecule has 2 atom stereocenters. The largest absolute Gasteiger partial charge is 0.349 e. The SMILES string of the molecule is CCN(C(=O)c1ccc(Cl)c(Cl)c1)C1CCN(C(C)C[C@H](NC(=O)C2CCC2)c2ccccc2)CC1. The average molecular weight is 531 g/mol. The van der Waals surface area contributed by atoms with E-state index in [0.29, 0.717) is 28.2 Å². The van der Waals surface area contributed by atoms with Gasteiger partial charge in [-0.3, -0.25) is 9.59 Å². The number of carbonyl (C=O) groups is 2. The normalized spacial score (nSPS) is 18.8. The number of carbonyl (C=O) groups excluding carboxylic acids is 2. The van der Waals surface area contributed by atoms with E-state index in [-0.39, 0.29) is 29.8 Å². The minimum atomic E-state index is 0.00501. The highest BCUT2D eigenvalue weighted by molar-refractivity contribution is 6.42. The van der Waals surface area contributed by atoms with Crippen LogP contribution in [0.3, 0.4) is 0 Å². The van der Waals surface area contributed by atoms with E-state index in [4.69, 9.17) is 23.2 Å². The van der Waals surface area contributed by atoms with Gasteiger partial charge >= 0.3 is 0 Å². The van der Waals surface area contributed by atoms with Gasteiger partial charge in [0.2, 0.25) is 5.91 Å². The van der Waals surface area contributed by atoms with Crippen LogP contribution in [-0.4, -0.2) is 53.3 Å². The molecule has 36 heavy (non-hydrogen) atoms. The fourth-order valence-electron chi connectivity index (χ4n) is 5.41. The first-order valence-corrected chi connectivity index (χ1v) is 14.0. The molecule has 1 saturated heterocycles. The molecule has 1 heterocycles. The minimum Gasteiger partial charge on any atom is -0.349 e. The molecule has 1 saturated carbocycles. The van der Waals surface area contributed by atoms with Crippen molar-refractivity contribution in [1.82, 2.24) is 15.1 Å². The van der Waals surface area contributed by atoms with Crippen molar-refractivity contribution >= 4 is 35.0 Å². The summed E-state index contributed by atoms with van der Waals surface area (Å²) >= 11 is 12.2. The molecule has 1 aliphatic carbocycles. The lowest BCUT2D eigenvalue weighted by atomic mass is 9.84. The van der Waals surface area contributed by atoms with Gasteiger partial charge in [0, 0.05) is 43.2 Å². The lowest BCUT2D eigenvalue weighted by Gasteiger charge is -2.41. The van der Waals surface area contributed by atoms with Crippen molar-refractivity contribution in [3.63, 3.8) is 0 Å². The summed E-state index contributed by atoms with van der Waals surface area (Å²) in [7, 11) is 0. The molecule has 4 rings (SSSR count). The summed E-state index contributed by atoms with van der Waals surface area (Å²) in [6.07, 6.45) is 5.89. The van der Waals surface area contributed by atoms with Crippen molar-refractivity contribution in [3.05, 3.63) is 69.7 Å². The van der Waals surface area contributed by atoms with Gasteiger partial charge in [-0.05, 0) is 69.7 Å². The van der Waals surface area contributed by atoms with E-state index in [1.807, 2.05) is 30.0 Å². The van der Waals surface area contributed by atoms with E-state index in [1.165, 1.54) is 0 Å². The Morgan fingerprint density at radius 2 is 1.72 bits per heavy atom. The minimum absolute atomic E-state index is 0.00501. The van der Waals surface area contributed by atoms with Crippen LogP contribution in [0.4, 0.5) is 0 Å². The molecule has 0 aromatic heterocycles. The smallest absolute Gasteiger partial charge is 0.254 e. The predicted molar refractivity (Wildman–Crippen MR) is 147 cm³/mol. The van der Waals surface area contributed by atoms with Crippen molar-refractivity contribution in [2.45, 2.75) is 70.5 Å². The molecule has 2 fully saturated rings. The Kier molecular flexibility index (Phi) is 9.32. The Balaban J connectivity index is 1.36.